The highest BCUT2D eigenvalue weighted by Gasteiger charge is 2.28. The number of sulfonamides is 1. The van der Waals surface area contributed by atoms with Gasteiger partial charge in [-0.2, -0.15) is 4.31 Å². The van der Waals surface area contributed by atoms with E-state index in [2.05, 4.69) is 0 Å². The van der Waals surface area contributed by atoms with Crippen molar-refractivity contribution in [3.05, 3.63) is 17.0 Å². The lowest BCUT2D eigenvalue weighted by atomic mass is 10.3. The molecule has 19 heavy (non-hydrogen) atoms. The van der Waals surface area contributed by atoms with Crippen LogP contribution in [0.1, 0.15) is 4.88 Å². The molecular weight excluding hydrogens is 298 g/mol. The van der Waals surface area contributed by atoms with Gasteiger partial charge in [-0.3, -0.25) is 0 Å². The number of rotatable bonds is 8. The summed E-state index contributed by atoms with van der Waals surface area (Å²) in [7, 11) is -3.98. The summed E-state index contributed by atoms with van der Waals surface area (Å²) in [6.07, 6.45) is -2.25. The van der Waals surface area contributed by atoms with Crippen molar-refractivity contribution in [1.29, 1.82) is 0 Å². The predicted molar refractivity (Wildman–Crippen MR) is 68.9 cm³/mol. The fraction of sp³-hybridized carbons (Fsp3) is 0.600. The molecule has 0 aliphatic heterocycles. The third-order valence-corrected chi connectivity index (χ3v) is 5.79. The highest BCUT2D eigenvalue weighted by molar-refractivity contribution is 7.91. The molecule has 1 rings (SSSR count). The summed E-state index contributed by atoms with van der Waals surface area (Å²) < 4.78 is 49.6. The molecule has 9 heteroatoms. The standard InChI is InChI=1S/C10H16F2N2O3S2/c11-9(12)7-14(5-6-15)19(16,17)10-2-1-8(18-10)3-4-13/h1-2,9,15H,3-7,13H2. The average Bonchev–Trinajstić information content (AvgIpc) is 2.77. The molecule has 1 aromatic heterocycles. The van der Waals surface area contributed by atoms with Crippen molar-refractivity contribution < 1.29 is 22.3 Å². The van der Waals surface area contributed by atoms with E-state index in [0.29, 0.717) is 17.3 Å². The lowest BCUT2D eigenvalue weighted by Crippen LogP contribution is -2.36. The number of hydrogen-bond acceptors (Lipinski definition) is 5. The Kier molecular flexibility index (Phi) is 6.27. The van der Waals surface area contributed by atoms with Crippen molar-refractivity contribution in [3.63, 3.8) is 0 Å². The molecule has 1 heterocycles. The molecule has 5 nitrogen and oxygen atoms in total. The van der Waals surface area contributed by atoms with Gasteiger partial charge in [0.25, 0.3) is 16.4 Å². The monoisotopic (exact) mass is 314 g/mol. The van der Waals surface area contributed by atoms with Crippen LogP contribution >= 0.6 is 11.3 Å². The molecular formula is C10H16F2N2O3S2. The lowest BCUT2D eigenvalue weighted by molar-refractivity contribution is 0.113. The first kappa shape index (κ1) is 16.4. The van der Waals surface area contributed by atoms with Crippen LogP contribution in [0.3, 0.4) is 0 Å². The van der Waals surface area contributed by atoms with Crippen molar-refractivity contribution in [2.45, 2.75) is 17.1 Å². The quantitative estimate of drug-likeness (QED) is 0.732. The molecule has 0 aliphatic carbocycles. The minimum atomic E-state index is -3.98. The summed E-state index contributed by atoms with van der Waals surface area (Å²) in [6, 6.07) is 2.99. The summed E-state index contributed by atoms with van der Waals surface area (Å²) in [5, 5.41) is 8.79. The van der Waals surface area contributed by atoms with Crippen LogP contribution < -0.4 is 5.73 Å². The Morgan fingerprint density at radius 1 is 1.42 bits per heavy atom. The topological polar surface area (TPSA) is 83.6 Å². The van der Waals surface area contributed by atoms with Gasteiger partial charge in [-0.15, -0.1) is 11.3 Å². The summed E-state index contributed by atoms with van der Waals surface area (Å²) in [5.74, 6) is 0. The number of thiophene rings is 1. The maximum Gasteiger partial charge on any atom is 0.252 e. The first-order chi connectivity index (χ1) is 8.91. The normalized spacial score (nSPS) is 12.5. The number of alkyl halides is 2. The Bertz CT molecular complexity index is 491. The summed E-state index contributed by atoms with van der Waals surface area (Å²) in [4.78, 5) is 0.780. The van der Waals surface area contributed by atoms with Gasteiger partial charge >= 0.3 is 0 Å². The Balaban J connectivity index is 2.97. The molecule has 0 unspecified atom stereocenters. The molecule has 0 spiro atoms. The Hall–Kier alpha value is -0.610. The van der Waals surface area contributed by atoms with E-state index in [1.165, 1.54) is 6.07 Å². The van der Waals surface area contributed by atoms with Gasteiger partial charge in [0.15, 0.2) is 0 Å². The highest BCUT2D eigenvalue weighted by Crippen LogP contribution is 2.25. The fourth-order valence-corrected chi connectivity index (χ4v) is 4.41. The third-order valence-electron chi connectivity index (χ3n) is 2.31. The zero-order chi connectivity index (χ0) is 14.5. The van der Waals surface area contributed by atoms with Gasteiger partial charge in [0.1, 0.15) is 4.21 Å². The summed E-state index contributed by atoms with van der Waals surface area (Å²) in [5.41, 5.74) is 5.37. The summed E-state index contributed by atoms with van der Waals surface area (Å²) in [6.45, 7) is -1.39. The van der Waals surface area contributed by atoms with E-state index in [1.54, 1.807) is 6.07 Å². The lowest BCUT2D eigenvalue weighted by Gasteiger charge is -2.19. The second-order valence-electron chi connectivity index (χ2n) is 3.74. The van der Waals surface area contributed by atoms with E-state index < -0.39 is 29.6 Å². The van der Waals surface area contributed by atoms with E-state index >= 15 is 0 Å². The number of halogens is 2. The molecule has 110 valence electrons. The Labute approximate surface area is 114 Å². The van der Waals surface area contributed by atoms with Crippen molar-refractivity contribution in [3.8, 4) is 0 Å². The van der Waals surface area contributed by atoms with Crippen LogP contribution in [0.15, 0.2) is 16.3 Å². The molecule has 1 aromatic rings. The van der Waals surface area contributed by atoms with E-state index in [4.69, 9.17) is 10.8 Å². The molecule has 0 bridgehead atoms. The minimum Gasteiger partial charge on any atom is -0.395 e. The van der Waals surface area contributed by atoms with E-state index in [9.17, 15) is 17.2 Å². The fourth-order valence-electron chi connectivity index (χ4n) is 1.48. The van der Waals surface area contributed by atoms with Gasteiger partial charge in [-0.1, -0.05) is 0 Å². The number of hydrogen-bond donors (Lipinski definition) is 2. The van der Waals surface area contributed by atoms with Crippen LogP contribution in [0, 0.1) is 0 Å². The first-order valence-corrected chi connectivity index (χ1v) is 7.85. The zero-order valence-corrected chi connectivity index (χ0v) is 11.8. The molecule has 3 N–H and O–H groups in total. The van der Waals surface area contributed by atoms with Gasteiger partial charge in [-0.25, -0.2) is 17.2 Å². The maximum absolute atomic E-state index is 12.4. The van der Waals surface area contributed by atoms with Crippen molar-refractivity contribution in [1.82, 2.24) is 4.31 Å². The van der Waals surface area contributed by atoms with E-state index in [1.807, 2.05) is 0 Å². The number of nitrogens with two attached hydrogens (primary N) is 1. The average molecular weight is 314 g/mol. The Morgan fingerprint density at radius 2 is 2.11 bits per heavy atom. The van der Waals surface area contributed by atoms with Crippen LogP contribution in [-0.4, -0.2) is 50.5 Å². The van der Waals surface area contributed by atoms with E-state index in [-0.39, 0.29) is 10.8 Å². The van der Waals surface area contributed by atoms with Crippen molar-refractivity contribution in [2.75, 3.05) is 26.2 Å². The van der Waals surface area contributed by atoms with Gasteiger partial charge in [-0.05, 0) is 25.1 Å². The van der Waals surface area contributed by atoms with E-state index in [0.717, 1.165) is 16.2 Å². The van der Waals surface area contributed by atoms with Crippen molar-refractivity contribution in [2.24, 2.45) is 5.73 Å². The number of nitrogens with zero attached hydrogens (tertiary/aromatic N) is 1. The second-order valence-corrected chi connectivity index (χ2v) is 7.07. The van der Waals surface area contributed by atoms with Gasteiger partial charge < -0.3 is 10.8 Å². The number of aliphatic hydroxyl groups excluding tert-OH is 1. The van der Waals surface area contributed by atoms with Crippen LogP contribution in [0.25, 0.3) is 0 Å². The SMILES string of the molecule is NCCc1ccc(S(=O)(=O)N(CCO)CC(F)F)s1. The van der Waals surface area contributed by atoms with Gasteiger partial charge in [0.05, 0.1) is 13.2 Å². The molecule has 0 radical (unpaired) electrons. The molecule has 0 amide bonds. The molecule has 0 saturated carbocycles. The Morgan fingerprint density at radius 3 is 2.63 bits per heavy atom. The molecule has 0 fully saturated rings. The van der Waals surface area contributed by atoms with Crippen LogP contribution in [-0.2, 0) is 16.4 Å². The maximum atomic E-state index is 12.4. The number of aliphatic hydroxyl groups is 1. The highest BCUT2D eigenvalue weighted by atomic mass is 32.2. The van der Waals surface area contributed by atoms with Crippen LogP contribution in [0.4, 0.5) is 8.78 Å². The summed E-state index contributed by atoms with van der Waals surface area (Å²) >= 11 is 1.01. The largest absolute Gasteiger partial charge is 0.395 e. The predicted octanol–water partition coefficient (Wildman–Crippen LogP) is 0.497. The van der Waals surface area contributed by atoms with Gasteiger partial charge in [0.2, 0.25) is 0 Å². The minimum absolute atomic E-state index is 0.00921. The van der Waals surface area contributed by atoms with Crippen LogP contribution in [0.2, 0.25) is 0 Å². The molecule has 0 aliphatic rings. The molecule has 0 saturated heterocycles. The zero-order valence-electron chi connectivity index (χ0n) is 10.1. The second kappa shape index (κ2) is 7.25. The first-order valence-electron chi connectivity index (χ1n) is 5.59. The third kappa shape index (κ3) is 4.46. The van der Waals surface area contributed by atoms with Crippen LogP contribution in [0.5, 0.6) is 0 Å². The smallest absolute Gasteiger partial charge is 0.252 e. The molecule has 0 atom stereocenters. The molecule has 0 aromatic carbocycles. The van der Waals surface area contributed by atoms with Gasteiger partial charge in [0, 0.05) is 11.4 Å². The van der Waals surface area contributed by atoms with Crippen molar-refractivity contribution >= 4 is 21.4 Å².